The number of nitrogens with one attached hydrogen (secondary N) is 1. The fourth-order valence-electron chi connectivity index (χ4n) is 5.00. The van der Waals surface area contributed by atoms with E-state index in [1.54, 1.807) is 0 Å². The minimum absolute atomic E-state index is 0.0484. The number of ketones is 2. The number of aliphatic hydroxyl groups is 1. The first-order valence-corrected chi connectivity index (χ1v) is 9.37. The molecule has 0 radical (unpaired) electrons. The Kier molecular flexibility index (Phi) is 5.07. The van der Waals surface area contributed by atoms with E-state index in [1.165, 1.54) is 0 Å². The highest BCUT2D eigenvalue weighted by Gasteiger charge is 2.49. The molecule has 2 unspecified atom stereocenters. The molecule has 132 valence electrons. The zero-order valence-corrected chi connectivity index (χ0v) is 14.2. The van der Waals surface area contributed by atoms with Crippen LogP contribution in [0.1, 0.15) is 64.2 Å². The predicted molar refractivity (Wildman–Crippen MR) is 91.7 cm³/mol. The molecule has 0 aromatic heterocycles. The van der Waals surface area contributed by atoms with Crippen molar-refractivity contribution in [2.24, 2.45) is 29.4 Å². The molecular weight excluding hydrogens is 304 g/mol. The van der Waals surface area contributed by atoms with Crippen LogP contribution in [0.25, 0.3) is 0 Å². The summed E-state index contributed by atoms with van der Waals surface area (Å²) in [5.41, 5.74) is 5.53. The fraction of sp³-hybridized carbons (Fsp3) is 0.737. The van der Waals surface area contributed by atoms with Gasteiger partial charge in [-0.1, -0.05) is 38.5 Å². The molecule has 0 heterocycles. The Bertz CT molecular complexity index is 569. The van der Waals surface area contributed by atoms with Gasteiger partial charge in [-0.2, -0.15) is 0 Å². The molecule has 0 bridgehead atoms. The van der Waals surface area contributed by atoms with Gasteiger partial charge < -0.3 is 10.8 Å². The third-order valence-corrected chi connectivity index (χ3v) is 6.20. The molecule has 3 aliphatic rings. The molecule has 0 spiro atoms. The molecule has 3 aliphatic carbocycles. The highest BCUT2D eigenvalue weighted by atomic mass is 16.3. The third kappa shape index (κ3) is 3.01. The minimum atomic E-state index is -0.702. The molecule has 2 fully saturated rings. The second-order valence-corrected chi connectivity index (χ2v) is 7.69. The van der Waals surface area contributed by atoms with Gasteiger partial charge in [0, 0.05) is 0 Å². The second-order valence-electron chi connectivity index (χ2n) is 7.69. The Balaban J connectivity index is 1.98. The fourth-order valence-corrected chi connectivity index (χ4v) is 5.00. The maximum Gasteiger partial charge on any atom is 0.180 e. The molecule has 0 amide bonds. The van der Waals surface area contributed by atoms with Crippen LogP contribution >= 0.6 is 0 Å². The summed E-state index contributed by atoms with van der Waals surface area (Å²) in [5.74, 6) is -2.35. The molecule has 5 nitrogen and oxygen atoms in total. The molecule has 4 N–H and O–H groups in total. The summed E-state index contributed by atoms with van der Waals surface area (Å²) in [6.45, 7) is 0. The Hall–Kier alpha value is -1.65. The van der Waals surface area contributed by atoms with Crippen molar-refractivity contribution < 1.29 is 14.7 Å². The van der Waals surface area contributed by atoms with Gasteiger partial charge in [0.2, 0.25) is 0 Å². The maximum atomic E-state index is 13.2. The molecule has 0 aromatic rings. The Labute approximate surface area is 143 Å². The quantitative estimate of drug-likeness (QED) is 0.419. The van der Waals surface area contributed by atoms with E-state index in [2.05, 4.69) is 0 Å². The first kappa shape index (κ1) is 17.2. The number of aliphatic hydroxyl groups excluding tert-OH is 1. The van der Waals surface area contributed by atoms with E-state index in [-0.39, 0.29) is 29.0 Å². The van der Waals surface area contributed by atoms with Crippen LogP contribution in [0, 0.1) is 29.1 Å². The van der Waals surface area contributed by atoms with Crippen molar-refractivity contribution in [3.63, 3.8) is 0 Å². The van der Waals surface area contributed by atoms with Crippen molar-refractivity contribution in [1.82, 2.24) is 0 Å². The van der Waals surface area contributed by atoms with Gasteiger partial charge in [-0.3, -0.25) is 15.0 Å². The zero-order valence-electron chi connectivity index (χ0n) is 14.2. The molecule has 2 atom stereocenters. The maximum absolute atomic E-state index is 13.2. The van der Waals surface area contributed by atoms with Crippen LogP contribution in [0.5, 0.6) is 0 Å². The number of allylic oxidation sites excluding steroid dienone is 1. The van der Waals surface area contributed by atoms with Crippen molar-refractivity contribution in [1.29, 1.82) is 5.41 Å². The number of carbonyl (C=O) groups excluding carboxylic acids is 2. The lowest BCUT2D eigenvalue weighted by molar-refractivity contribution is -0.139. The predicted octanol–water partition coefficient (Wildman–Crippen LogP) is 3.28. The lowest BCUT2D eigenvalue weighted by Gasteiger charge is -2.38. The van der Waals surface area contributed by atoms with Gasteiger partial charge in [0.25, 0.3) is 0 Å². The largest absolute Gasteiger partial charge is 0.511 e. The van der Waals surface area contributed by atoms with Gasteiger partial charge in [-0.05, 0) is 37.5 Å². The van der Waals surface area contributed by atoms with E-state index < -0.39 is 23.5 Å². The smallest absolute Gasteiger partial charge is 0.180 e. The summed E-state index contributed by atoms with van der Waals surface area (Å²) in [7, 11) is 0. The number of hydrogen-bond acceptors (Lipinski definition) is 4. The van der Waals surface area contributed by atoms with E-state index in [0.717, 1.165) is 64.2 Å². The number of rotatable bonds is 3. The number of carbonyl (C=O) groups is 2. The van der Waals surface area contributed by atoms with Crippen molar-refractivity contribution in [3.8, 4) is 0 Å². The highest BCUT2D eigenvalue weighted by molar-refractivity contribution is 6.28. The Morgan fingerprint density at radius 1 is 0.875 bits per heavy atom. The van der Waals surface area contributed by atoms with Crippen LogP contribution in [-0.2, 0) is 9.59 Å². The van der Waals surface area contributed by atoms with Crippen molar-refractivity contribution in [2.45, 2.75) is 64.2 Å². The molecule has 0 saturated heterocycles. The van der Waals surface area contributed by atoms with Gasteiger partial charge >= 0.3 is 0 Å². The number of nitrogens with two attached hydrogens (primary N) is 1. The van der Waals surface area contributed by atoms with Crippen LogP contribution in [0.3, 0.4) is 0 Å². The van der Waals surface area contributed by atoms with Gasteiger partial charge in [0.15, 0.2) is 11.6 Å². The van der Waals surface area contributed by atoms with Crippen LogP contribution < -0.4 is 5.73 Å². The molecule has 0 aromatic carbocycles. The van der Waals surface area contributed by atoms with E-state index in [0.29, 0.717) is 0 Å². The molecule has 3 rings (SSSR count). The standard InChI is InChI=1S/C19H28N2O3/c20-19(21)15-17(23)13(11-7-3-1-4-8-11)16(22)14(18(15)24)12-9-5-2-6-10-12/h11-14,23H,1-10H2,(H3,20,21). The lowest BCUT2D eigenvalue weighted by Crippen LogP contribution is -2.47. The van der Waals surface area contributed by atoms with Gasteiger partial charge in [-0.15, -0.1) is 0 Å². The number of hydrogen-bond donors (Lipinski definition) is 3. The second kappa shape index (κ2) is 7.08. The molecular formula is C19H28N2O3. The summed E-state index contributed by atoms with van der Waals surface area (Å²) in [6.07, 6.45) is 10.1. The molecule has 2 saturated carbocycles. The summed E-state index contributed by atoms with van der Waals surface area (Å²) in [6, 6.07) is 0. The molecule has 5 heteroatoms. The van der Waals surface area contributed by atoms with Gasteiger partial charge in [0.1, 0.15) is 11.6 Å². The monoisotopic (exact) mass is 332 g/mol. The average molecular weight is 332 g/mol. The Morgan fingerprint density at radius 3 is 1.79 bits per heavy atom. The van der Waals surface area contributed by atoms with E-state index in [4.69, 9.17) is 11.1 Å². The molecule has 24 heavy (non-hydrogen) atoms. The lowest BCUT2D eigenvalue weighted by atomic mass is 9.64. The topological polar surface area (TPSA) is 104 Å². The summed E-state index contributed by atoms with van der Waals surface area (Å²) >= 11 is 0. The third-order valence-electron chi connectivity index (χ3n) is 6.20. The van der Waals surface area contributed by atoms with Crippen LogP contribution in [-0.4, -0.2) is 22.5 Å². The number of amidine groups is 1. The van der Waals surface area contributed by atoms with Crippen molar-refractivity contribution in [2.75, 3.05) is 0 Å². The SMILES string of the molecule is N=C(N)C1=C(O)C(C2CCCCC2)C(=O)C(C2CCCCC2)C1=O. The Morgan fingerprint density at radius 2 is 1.33 bits per heavy atom. The van der Waals surface area contributed by atoms with Crippen molar-refractivity contribution in [3.05, 3.63) is 11.3 Å². The van der Waals surface area contributed by atoms with E-state index in [1.807, 2.05) is 0 Å². The first-order valence-electron chi connectivity index (χ1n) is 9.37. The van der Waals surface area contributed by atoms with Crippen LogP contribution in [0.2, 0.25) is 0 Å². The van der Waals surface area contributed by atoms with E-state index in [9.17, 15) is 14.7 Å². The molecule has 0 aliphatic heterocycles. The number of Topliss-reactive ketones (excluding diaryl/α,β-unsaturated/α-hetero) is 2. The highest BCUT2D eigenvalue weighted by Crippen LogP contribution is 2.43. The van der Waals surface area contributed by atoms with Crippen LogP contribution in [0.15, 0.2) is 11.3 Å². The summed E-state index contributed by atoms with van der Waals surface area (Å²) in [5, 5.41) is 18.4. The average Bonchev–Trinajstić information content (AvgIpc) is 2.56. The first-order chi connectivity index (χ1) is 11.5. The minimum Gasteiger partial charge on any atom is -0.511 e. The van der Waals surface area contributed by atoms with E-state index >= 15 is 0 Å². The van der Waals surface area contributed by atoms with Gasteiger partial charge in [0.05, 0.1) is 17.4 Å². The normalized spacial score (nSPS) is 30.7. The zero-order chi connectivity index (χ0) is 17.3. The van der Waals surface area contributed by atoms with Gasteiger partial charge in [-0.25, -0.2) is 0 Å². The summed E-state index contributed by atoms with van der Waals surface area (Å²) < 4.78 is 0. The van der Waals surface area contributed by atoms with Crippen molar-refractivity contribution >= 4 is 17.4 Å². The summed E-state index contributed by atoms with van der Waals surface area (Å²) in [4.78, 5) is 26.0. The van der Waals surface area contributed by atoms with Crippen LogP contribution in [0.4, 0.5) is 0 Å².